The van der Waals surface area contributed by atoms with Crippen molar-refractivity contribution in [3.05, 3.63) is 47.8 Å². The van der Waals surface area contributed by atoms with E-state index in [2.05, 4.69) is 5.32 Å². The zero-order valence-electron chi connectivity index (χ0n) is 10.3. The highest BCUT2D eigenvalue weighted by Crippen LogP contribution is 2.27. The summed E-state index contributed by atoms with van der Waals surface area (Å²) in [6, 6.07) is 9.99. The number of ether oxygens (including phenoxy) is 1. The highest BCUT2D eigenvalue weighted by atomic mass is 19.1. The average Bonchev–Trinajstić information content (AvgIpc) is 2.35. The van der Waals surface area contributed by atoms with Crippen LogP contribution in [0.5, 0.6) is 5.75 Å². The van der Waals surface area contributed by atoms with Gasteiger partial charge in [0.05, 0.1) is 12.8 Å². The van der Waals surface area contributed by atoms with Crippen molar-refractivity contribution in [3.63, 3.8) is 0 Å². The molecule has 0 radical (unpaired) electrons. The van der Waals surface area contributed by atoms with E-state index in [-0.39, 0.29) is 5.82 Å². The van der Waals surface area contributed by atoms with E-state index in [9.17, 15) is 4.39 Å². The lowest BCUT2D eigenvalue weighted by Gasteiger charge is -2.12. The Balaban J connectivity index is 2.33. The standard InChI is InChI=1S/C14H15FN2O/c1-9-7-10(16)3-6-13(9)17-14-8-11(18-2)4-5-12(14)15/h3-8,17H,16H2,1-2H3. The first-order valence-corrected chi connectivity index (χ1v) is 5.57. The number of hydrogen-bond donors (Lipinski definition) is 2. The van der Waals surface area contributed by atoms with E-state index >= 15 is 0 Å². The van der Waals surface area contributed by atoms with Crippen molar-refractivity contribution in [1.29, 1.82) is 0 Å². The molecular weight excluding hydrogens is 231 g/mol. The van der Waals surface area contributed by atoms with Gasteiger partial charge in [-0.25, -0.2) is 4.39 Å². The molecule has 2 aromatic rings. The quantitative estimate of drug-likeness (QED) is 0.815. The second-order valence-corrected chi connectivity index (χ2v) is 4.05. The minimum absolute atomic E-state index is 0.327. The van der Waals surface area contributed by atoms with Crippen molar-refractivity contribution in [1.82, 2.24) is 0 Å². The number of halogens is 1. The minimum Gasteiger partial charge on any atom is -0.497 e. The van der Waals surface area contributed by atoms with Gasteiger partial charge in [0.1, 0.15) is 11.6 Å². The summed E-state index contributed by atoms with van der Waals surface area (Å²) in [5.74, 6) is 0.277. The zero-order valence-corrected chi connectivity index (χ0v) is 10.3. The molecule has 18 heavy (non-hydrogen) atoms. The van der Waals surface area contributed by atoms with Crippen LogP contribution < -0.4 is 15.8 Å². The normalized spacial score (nSPS) is 10.2. The molecule has 0 saturated heterocycles. The molecule has 0 heterocycles. The number of anilines is 3. The summed E-state index contributed by atoms with van der Waals surface area (Å²) in [5.41, 5.74) is 8.51. The fraction of sp³-hybridized carbons (Fsp3) is 0.143. The number of benzene rings is 2. The van der Waals surface area contributed by atoms with Gasteiger partial charge in [0.2, 0.25) is 0 Å². The first kappa shape index (κ1) is 12.2. The number of nitrogens with one attached hydrogen (secondary N) is 1. The van der Waals surface area contributed by atoms with Crippen LogP contribution in [-0.4, -0.2) is 7.11 Å². The third kappa shape index (κ3) is 2.53. The Labute approximate surface area is 105 Å². The molecule has 4 heteroatoms. The highest BCUT2D eigenvalue weighted by Gasteiger charge is 2.06. The summed E-state index contributed by atoms with van der Waals surface area (Å²) in [7, 11) is 1.55. The molecule has 0 aliphatic rings. The molecule has 0 aromatic heterocycles. The first-order valence-electron chi connectivity index (χ1n) is 5.57. The van der Waals surface area contributed by atoms with Gasteiger partial charge < -0.3 is 15.8 Å². The lowest BCUT2D eigenvalue weighted by Crippen LogP contribution is -1.97. The number of hydrogen-bond acceptors (Lipinski definition) is 3. The number of aryl methyl sites for hydroxylation is 1. The lowest BCUT2D eigenvalue weighted by molar-refractivity contribution is 0.414. The van der Waals surface area contributed by atoms with Gasteiger partial charge in [-0.3, -0.25) is 0 Å². The second-order valence-electron chi connectivity index (χ2n) is 4.05. The van der Waals surface area contributed by atoms with E-state index in [0.717, 1.165) is 11.3 Å². The summed E-state index contributed by atoms with van der Waals surface area (Å²) in [5, 5.41) is 3.03. The van der Waals surface area contributed by atoms with Crippen molar-refractivity contribution in [3.8, 4) is 5.75 Å². The van der Waals surface area contributed by atoms with Gasteiger partial charge in [-0.15, -0.1) is 0 Å². The monoisotopic (exact) mass is 246 g/mol. The van der Waals surface area contributed by atoms with Crippen molar-refractivity contribution in [2.24, 2.45) is 0 Å². The van der Waals surface area contributed by atoms with Crippen molar-refractivity contribution in [2.45, 2.75) is 6.92 Å². The number of rotatable bonds is 3. The minimum atomic E-state index is -0.327. The van der Waals surface area contributed by atoms with Gasteiger partial charge in [-0.2, -0.15) is 0 Å². The fourth-order valence-corrected chi connectivity index (χ4v) is 1.70. The van der Waals surface area contributed by atoms with Gasteiger partial charge in [0.15, 0.2) is 0 Å². The van der Waals surface area contributed by atoms with Crippen LogP contribution in [0.1, 0.15) is 5.56 Å². The summed E-state index contributed by atoms with van der Waals surface area (Å²) in [6.07, 6.45) is 0. The van der Waals surface area contributed by atoms with Crippen LogP contribution in [0.25, 0.3) is 0 Å². The van der Waals surface area contributed by atoms with E-state index in [0.29, 0.717) is 17.1 Å². The van der Waals surface area contributed by atoms with Gasteiger partial charge in [-0.1, -0.05) is 0 Å². The molecule has 0 unspecified atom stereocenters. The smallest absolute Gasteiger partial charge is 0.146 e. The largest absolute Gasteiger partial charge is 0.497 e. The molecule has 3 N–H and O–H groups in total. The number of nitrogen functional groups attached to an aromatic ring is 1. The molecule has 0 fully saturated rings. The van der Waals surface area contributed by atoms with Crippen molar-refractivity contribution < 1.29 is 9.13 Å². The Morgan fingerprint density at radius 1 is 1.11 bits per heavy atom. The van der Waals surface area contributed by atoms with Crippen LogP contribution in [0.3, 0.4) is 0 Å². The Kier molecular flexibility index (Phi) is 3.37. The van der Waals surface area contributed by atoms with E-state index in [4.69, 9.17) is 10.5 Å². The molecule has 0 amide bonds. The van der Waals surface area contributed by atoms with Gasteiger partial charge in [0.25, 0.3) is 0 Å². The topological polar surface area (TPSA) is 47.3 Å². The Hall–Kier alpha value is -2.23. The first-order chi connectivity index (χ1) is 8.60. The molecule has 0 atom stereocenters. The van der Waals surface area contributed by atoms with Crippen LogP contribution in [0.15, 0.2) is 36.4 Å². The van der Waals surface area contributed by atoms with Crippen molar-refractivity contribution in [2.75, 3.05) is 18.2 Å². The third-order valence-corrected chi connectivity index (χ3v) is 2.69. The average molecular weight is 246 g/mol. The molecule has 0 saturated carbocycles. The predicted molar refractivity (Wildman–Crippen MR) is 71.8 cm³/mol. The van der Waals surface area contributed by atoms with E-state index in [1.54, 1.807) is 25.3 Å². The molecule has 0 spiro atoms. The Morgan fingerprint density at radius 3 is 2.56 bits per heavy atom. The molecule has 2 aromatic carbocycles. The van der Waals surface area contributed by atoms with Gasteiger partial charge in [0, 0.05) is 17.4 Å². The van der Waals surface area contributed by atoms with Crippen LogP contribution in [0, 0.1) is 12.7 Å². The van der Waals surface area contributed by atoms with Crippen LogP contribution in [0.4, 0.5) is 21.5 Å². The van der Waals surface area contributed by atoms with E-state index in [1.807, 2.05) is 19.1 Å². The van der Waals surface area contributed by atoms with Crippen LogP contribution in [0.2, 0.25) is 0 Å². The lowest BCUT2D eigenvalue weighted by atomic mass is 10.1. The zero-order chi connectivity index (χ0) is 13.1. The van der Waals surface area contributed by atoms with Gasteiger partial charge >= 0.3 is 0 Å². The molecule has 0 aliphatic carbocycles. The molecule has 2 rings (SSSR count). The third-order valence-electron chi connectivity index (χ3n) is 2.69. The maximum atomic E-state index is 13.7. The summed E-state index contributed by atoms with van der Waals surface area (Å²) < 4.78 is 18.7. The summed E-state index contributed by atoms with van der Waals surface area (Å²) >= 11 is 0. The van der Waals surface area contributed by atoms with Crippen LogP contribution >= 0.6 is 0 Å². The molecule has 0 bridgehead atoms. The molecule has 3 nitrogen and oxygen atoms in total. The maximum Gasteiger partial charge on any atom is 0.146 e. The molecule has 94 valence electrons. The number of nitrogens with two attached hydrogens (primary N) is 1. The predicted octanol–water partition coefficient (Wildman–Crippen LogP) is 3.47. The van der Waals surface area contributed by atoms with E-state index in [1.165, 1.54) is 6.07 Å². The molecular formula is C14H15FN2O. The summed E-state index contributed by atoms with van der Waals surface area (Å²) in [4.78, 5) is 0. The SMILES string of the molecule is COc1ccc(F)c(Nc2ccc(N)cc2C)c1. The Bertz CT molecular complexity index is 570. The molecule has 0 aliphatic heterocycles. The number of methoxy groups -OCH3 is 1. The summed E-state index contributed by atoms with van der Waals surface area (Å²) in [6.45, 7) is 1.91. The fourth-order valence-electron chi connectivity index (χ4n) is 1.70. The van der Waals surface area contributed by atoms with Crippen LogP contribution in [-0.2, 0) is 0 Å². The van der Waals surface area contributed by atoms with Crippen molar-refractivity contribution >= 4 is 17.1 Å². The van der Waals surface area contributed by atoms with Gasteiger partial charge in [-0.05, 0) is 42.8 Å². The maximum absolute atomic E-state index is 13.7. The van der Waals surface area contributed by atoms with E-state index < -0.39 is 0 Å². The highest BCUT2D eigenvalue weighted by molar-refractivity contribution is 5.67. The Morgan fingerprint density at radius 2 is 1.89 bits per heavy atom. The second kappa shape index (κ2) is 4.96.